The Bertz CT molecular complexity index is 402. The van der Waals surface area contributed by atoms with Gasteiger partial charge in [0.05, 0.1) is 6.20 Å². The van der Waals surface area contributed by atoms with Gasteiger partial charge in [-0.05, 0) is 13.8 Å². The number of hydrogen-bond donors (Lipinski definition) is 2. The maximum atomic E-state index is 11.1. The summed E-state index contributed by atoms with van der Waals surface area (Å²) < 4.78 is 11.1. The number of nitrogens with one attached hydrogen (secondary N) is 2. The van der Waals surface area contributed by atoms with Crippen LogP contribution in [0.2, 0.25) is 5.02 Å². The van der Waals surface area contributed by atoms with Crippen molar-refractivity contribution in [2.45, 2.75) is 19.9 Å². The van der Waals surface area contributed by atoms with E-state index in [1.807, 2.05) is 13.8 Å². The topological polar surface area (TPSA) is 66.9 Å². The molecule has 5 nitrogen and oxygen atoms in total. The fraction of sp³-hybridized carbons (Fsp3) is 0.600. The lowest BCUT2D eigenvalue weighted by molar-refractivity contribution is 0.683. The Kier molecular flexibility index (Phi) is 5.64. The minimum atomic E-state index is -0.849. The van der Waals surface area contributed by atoms with Crippen LogP contribution >= 0.6 is 11.6 Å². The smallest absolute Gasteiger partial charge is 0.224 e. The summed E-state index contributed by atoms with van der Waals surface area (Å²) in [6, 6.07) is 0.0442. The van der Waals surface area contributed by atoms with Crippen molar-refractivity contribution in [3.05, 3.63) is 11.2 Å². The highest BCUT2D eigenvalue weighted by Gasteiger charge is 2.09. The van der Waals surface area contributed by atoms with Gasteiger partial charge in [-0.3, -0.25) is 4.21 Å². The summed E-state index contributed by atoms with van der Waals surface area (Å²) in [5.74, 6) is 1.65. The number of nitrogens with zero attached hydrogens (tertiary/aromatic N) is 2. The Hall–Kier alpha value is -0.880. The molecule has 0 saturated heterocycles. The first-order valence-corrected chi connectivity index (χ1v) is 7.46. The summed E-state index contributed by atoms with van der Waals surface area (Å²) in [6.45, 7) is 4.65. The van der Waals surface area contributed by atoms with Gasteiger partial charge in [0.1, 0.15) is 5.02 Å². The van der Waals surface area contributed by atoms with Gasteiger partial charge in [0.2, 0.25) is 5.95 Å². The van der Waals surface area contributed by atoms with Crippen LogP contribution in [-0.4, -0.2) is 38.8 Å². The largest absolute Gasteiger partial charge is 0.365 e. The monoisotopic (exact) mass is 276 g/mol. The molecule has 7 heteroatoms. The molecular weight excluding hydrogens is 260 g/mol. The van der Waals surface area contributed by atoms with E-state index in [9.17, 15) is 4.21 Å². The van der Waals surface area contributed by atoms with Gasteiger partial charge in [0, 0.05) is 35.4 Å². The quantitative estimate of drug-likeness (QED) is 0.828. The average Bonchev–Trinajstić information content (AvgIpc) is 2.22. The van der Waals surface area contributed by atoms with E-state index < -0.39 is 10.8 Å². The summed E-state index contributed by atoms with van der Waals surface area (Å²) in [4.78, 5) is 8.29. The van der Waals surface area contributed by atoms with Crippen LogP contribution in [0.1, 0.15) is 13.8 Å². The zero-order chi connectivity index (χ0) is 12.8. The molecule has 1 aromatic heterocycles. The minimum Gasteiger partial charge on any atom is -0.365 e. The first-order valence-electron chi connectivity index (χ1n) is 5.36. The average molecular weight is 277 g/mol. The summed E-state index contributed by atoms with van der Waals surface area (Å²) in [5, 5.41) is 6.59. The predicted octanol–water partition coefficient (Wildman–Crippen LogP) is 1.74. The second-order valence-corrected chi connectivity index (χ2v) is 5.59. The van der Waals surface area contributed by atoms with E-state index in [2.05, 4.69) is 20.6 Å². The molecule has 0 aliphatic heterocycles. The van der Waals surface area contributed by atoms with Crippen LogP contribution in [-0.2, 0) is 10.8 Å². The zero-order valence-electron chi connectivity index (χ0n) is 10.2. The Morgan fingerprint density at radius 1 is 1.59 bits per heavy atom. The van der Waals surface area contributed by atoms with Crippen LogP contribution in [0.5, 0.6) is 0 Å². The second kappa shape index (κ2) is 6.76. The maximum absolute atomic E-state index is 11.1. The standard InChI is InChI=1S/C10H17ClN4OS/c1-4-12-10-13-5-8(11)9(15-10)14-7(2)6-17(3)16/h5,7H,4,6H2,1-3H3,(H2,12,13,14,15). The molecule has 0 fully saturated rings. The van der Waals surface area contributed by atoms with Crippen molar-refractivity contribution in [1.82, 2.24) is 9.97 Å². The summed E-state index contributed by atoms with van der Waals surface area (Å²) in [7, 11) is -0.849. The molecule has 2 atom stereocenters. The van der Waals surface area contributed by atoms with E-state index in [4.69, 9.17) is 11.6 Å². The molecule has 96 valence electrons. The van der Waals surface area contributed by atoms with Crippen LogP contribution in [0.4, 0.5) is 11.8 Å². The highest BCUT2D eigenvalue weighted by atomic mass is 35.5. The Morgan fingerprint density at radius 2 is 2.29 bits per heavy atom. The van der Waals surface area contributed by atoms with Crippen molar-refractivity contribution in [3.8, 4) is 0 Å². The third-order valence-electron chi connectivity index (χ3n) is 1.95. The second-order valence-electron chi connectivity index (χ2n) is 3.71. The third-order valence-corrected chi connectivity index (χ3v) is 3.19. The first-order chi connectivity index (χ1) is 8.02. The van der Waals surface area contributed by atoms with E-state index in [1.165, 1.54) is 0 Å². The van der Waals surface area contributed by atoms with E-state index >= 15 is 0 Å². The van der Waals surface area contributed by atoms with Gasteiger partial charge in [0.25, 0.3) is 0 Å². The van der Waals surface area contributed by atoms with Crippen molar-refractivity contribution >= 4 is 34.2 Å². The molecule has 0 aliphatic carbocycles. The van der Waals surface area contributed by atoms with Crippen LogP contribution in [0.25, 0.3) is 0 Å². The Balaban J connectivity index is 2.74. The van der Waals surface area contributed by atoms with Crippen molar-refractivity contribution in [3.63, 3.8) is 0 Å². The maximum Gasteiger partial charge on any atom is 0.224 e. The van der Waals surface area contributed by atoms with Crippen molar-refractivity contribution < 1.29 is 4.21 Å². The zero-order valence-corrected chi connectivity index (χ0v) is 11.7. The molecule has 2 unspecified atom stereocenters. The van der Waals surface area contributed by atoms with Crippen LogP contribution in [0.15, 0.2) is 6.20 Å². The molecule has 0 amide bonds. The predicted molar refractivity (Wildman–Crippen MR) is 73.2 cm³/mol. The molecule has 1 aromatic rings. The highest BCUT2D eigenvalue weighted by molar-refractivity contribution is 7.84. The molecule has 0 saturated carbocycles. The summed E-state index contributed by atoms with van der Waals surface area (Å²) in [6.07, 6.45) is 3.22. The van der Waals surface area contributed by atoms with Gasteiger partial charge in [0.15, 0.2) is 5.82 Å². The molecule has 0 spiro atoms. The fourth-order valence-corrected chi connectivity index (χ4v) is 2.27. The first kappa shape index (κ1) is 14.2. The van der Waals surface area contributed by atoms with E-state index in [1.54, 1.807) is 12.5 Å². The summed E-state index contributed by atoms with van der Waals surface area (Å²) in [5.41, 5.74) is 0. The van der Waals surface area contributed by atoms with Gasteiger partial charge in [-0.2, -0.15) is 4.98 Å². The van der Waals surface area contributed by atoms with Gasteiger partial charge >= 0.3 is 0 Å². The molecule has 1 rings (SSSR count). The molecule has 0 bridgehead atoms. The minimum absolute atomic E-state index is 0.0442. The van der Waals surface area contributed by atoms with Crippen LogP contribution in [0.3, 0.4) is 0 Å². The molecular formula is C10H17ClN4OS. The molecule has 0 aliphatic rings. The van der Waals surface area contributed by atoms with Gasteiger partial charge in [-0.15, -0.1) is 0 Å². The van der Waals surface area contributed by atoms with Crippen LogP contribution in [0, 0.1) is 0 Å². The van der Waals surface area contributed by atoms with E-state index in [0.717, 1.165) is 6.54 Å². The van der Waals surface area contributed by atoms with Gasteiger partial charge in [-0.1, -0.05) is 11.6 Å². The SMILES string of the molecule is CCNc1ncc(Cl)c(NC(C)CS(C)=O)n1. The third kappa shape index (κ3) is 4.87. The van der Waals surface area contributed by atoms with Gasteiger partial charge in [-0.25, -0.2) is 4.98 Å². The molecule has 2 N–H and O–H groups in total. The fourth-order valence-electron chi connectivity index (χ4n) is 1.34. The Labute approximate surface area is 109 Å². The van der Waals surface area contributed by atoms with E-state index in [-0.39, 0.29) is 6.04 Å². The number of aromatic nitrogens is 2. The van der Waals surface area contributed by atoms with Gasteiger partial charge < -0.3 is 10.6 Å². The molecule has 17 heavy (non-hydrogen) atoms. The molecule has 1 heterocycles. The molecule has 0 radical (unpaired) electrons. The van der Waals surface area contributed by atoms with Crippen LogP contribution < -0.4 is 10.6 Å². The normalized spacial score (nSPS) is 14.1. The molecule has 0 aromatic carbocycles. The lowest BCUT2D eigenvalue weighted by atomic mass is 10.4. The van der Waals surface area contributed by atoms with Crippen molar-refractivity contribution in [2.24, 2.45) is 0 Å². The number of hydrogen-bond acceptors (Lipinski definition) is 5. The lowest BCUT2D eigenvalue weighted by Crippen LogP contribution is -2.23. The number of halogens is 1. The van der Waals surface area contributed by atoms with Crippen molar-refractivity contribution in [2.75, 3.05) is 29.2 Å². The number of rotatable bonds is 6. The van der Waals surface area contributed by atoms with Crippen molar-refractivity contribution in [1.29, 1.82) is 0 Å². The summed E-state index contributed by atoms with van der Waals surface area (Å²) >= 11 is 5.99. The lowest BCUT2D eigenvalue weighted by Gasteiger charge is -2.14. The van der Waals surface area contributed by atoms with E-state index in [0.29, 0.717) is 22.5 Å². The Morgan fingerprint density at radius 3 is 2.88 bits per heavy atom. The highest BCUT2D eigenvalue weighted by Crippen LogP contribution is 2.20. The number of anilines is 2.